The van der Waals surface area contributed by atoms with Crippen LogP contribution in [0.5, 0.6) is 0 Å². The molecule has 0 radical (unpaired) electrons. The van der Waals surface area contributed by atoms with Gasteiger partial charge in [-0.15, -0.1) is 0 Å². The number of methoxy groups -OCH3 is 1. The van der Waals surface area contributed by atoms with Crippen molar-refractivity contribution in [2.45, 2.75) is 13.3 Å². The molecule has 0 spiro atoms. The molecule has 1 aromatic heterocycles. The molecular formula is C9H11NO2. The zero-order chi connectivity index (χ0) is 8.97. The number of esters is 1. The van der Waals surface area contributed by atoms with Gasteiger partial charge in [0.05, 0.1) is 12.7 Å². The van der Waals surface area contributed by atoms with Crippen molar-refractivity contribution in [3.8, 4) is 0 Å². The molecule has 0 fully saturated rings. The number of aromatic nitrogens is 1. The van der Waals surface area contributed by atoms with E-state index in [9.17, 15) is 4.79 Å². The Balaban J connectivity index is 2.84. The van der Waals surface area contributed by atoms with Gasteiger partial charge >= 0.3 is 5.97 Å². The number of pyridine rings is 1. The van der Waals surface area contributed by atoms with E-state index in [-0.39, 0.29) is 5.97 Å². The van der Waals surface area contributed by atoms with Crippen molar-refractivity contribution in [1.82, 2.24) is 4.98 Å². The molecule has 0 N–H and O–H groups in total. The standard InChI is InChI=1S/C9H11NO2/c1-3-8-5-4-7(6-10-8)9(11)12-2/h4-6H,3H2,1-2H3. The second-order valence-corrected chi connectivity index (χ2v) is 2.38. The normalized spacial score (nSPS) is 9.50. The first-order chi connectivity index (χ1) is 5.77. The summed E-state index contributed by atoms with van der Waals surface area (Å²) in [6.45, 7) is 2.01. The van der Waals surface area contributed by atoms with Gasteiger partial charge < -0.3 is 4.74 Å². The van der Waals surface area contributed by atoms with Gasteiger partial charge in [-0.2, -0.15) is 0 Å². The van der Waals surface area contributed by atoms with Crippen molar-refractivity contribution in [3.05, 3.63) is 29.6 Å². The number of ether oxygens (including phenoxy) is 1. The fourth-order valence-electron chi connectivity index (χ4n) is 0.872. The average Bonchev–Trinajstić information content (AvgIpc) is 2.17. The molecule has 3 heteroatoms. The van der Waals surface area contributed by atoms with E-state index in [1.54, 1.807) is 6.07 Å². The minimum absolute atomic E-state index is 0.342. The van der Waals surface area contributed by atoms with E-state index in [1.807, 2.05) is 13.0 Å². The highest BCUT2D eigenvalue weighted by molar-refractivity contribution is 5.88. The van der Waals surface area contributed by atoms with Crippen molar-refractivity contribution in [2.24, 2.45) is 0 Å². The summed E-state index contributed by atoms with van der Waals surface area (Å²) in [6, 6.07) is 3.55. The van der Waals surface area contributed by atoms with Crippen molar-refractivity contribution < 1.29 is 9.53 Å². The zero-order valence-corrected chi connectivity index (χ0v) is 7.20. The van der Waals surface area contributed by atoms with Gasteiger partial charge in [-0.25, -0.2) is 4.79 Å². The maximum absolute atomic E-state index is 11.0. The zero-order valence-electron chi connectivity index (χ0n) is 7.20. The molecule has 0 amide bonds. The molecule has 1 rings (SSSR count). The second-order valence-electron chi connectivity index (χ2n) is 2.38. The van der Waals surface area contributed by atoms with Gasteiger partial charge in [0.15, 0.2) is 0 Å². The largest absolute Gasteiger partial charge is 0.465 e. The van der Waals surface area contributed by atoms with Gasteiger partial charge in [0, 0.05) is 11.9 Å². The lowest BCUT2D eigenvalue weighted by molar-refractivity contribution is 0.0600. The first-order valence-corrected chi connectivity index (χ1v) is 3.81. The van der Waals surface area contributed by atoms with Crippen LogP contribution in [-0.2, 0) is 11.2 Å². The third kappa shape index (κ3) is 1.81. The molecule has 0 unspecified atom stereocenters. The minimum Gasteiger partial charge on any atom is -0.465 e. The Bertz CT molecular complexity index is 266. The van der Waals surface area contributed by atoms with Crippen LogP contribution >= 0.6 is 0 Å². The third-order valence-electron chi connectivity index (χ3n) is 1.61. The molecule has 1 heterocycles. The third-order valence-corrected chi connectivity index (χ3v) is 1.61. The topological polar surface area (TPSA) is 39.2 Å². The predicted octanol–water partition coefficient (Wildman–Crippen LogP) is 1.43. The smallest absolute Gasteiger partial charge is 0.339 e. The molecule has 0 aliphatic carbocycles. The van der Waals surface area contributed by atoms with E-state index in [0.29, 0.717) is 5.56 Å². The minimum atomic E-state index is -0.342. The fourth-order valence-corrected chi connectivity index (χ4v) is 0.872. The predicted molar refractivity (Wildman–Crippen MR) is 45.0 cm³/mol. The summed E-state index contributed by atoms with van der Waals surface area (Å²) >= 11 is 0. The molecule has 0 saturated carbocycles. The summed E-state index contributed by atoms with van der Waals surface area (Å²) in [4.78, 5) is 15.0. The molecule has 0 atom stereocenters. The summed E-state index contributed by atoms with van der Waals surface area (Å²) in [7, 11) is 1.36. The highest BCUT2D eigenvalue weighted by atomic mass is 16.5. The first kappa shape index (κ1) is 8.71. The van der Waals surface area contributed by atoms with Crippen LogP contribution in [0.1, 0.15) is 23.0 Å². The summed E-state index contributed by atoms with van der Waals surface area (Å²) in [5.74, 6) is -0.342. The van der Waals surface area contributed by atoms with E-state index in [1.165, 1.54) is 13.3 Å². The lowest BCUT2D eigenvalue weighted by Gasteiger charge is -1.98. The van der Waals surface area contributed by atoms with E-state index < -0.39 is 0 Å². The molecule has 64 valence electrons. The van der Waals surface area contributed by atoms with Crippen molar-refractivity contribution in [3.63, 3.8) is 0 Å². The monoisotopic (exact) mass is 165 g/mol. The van der Waals surface area contributed by atoms with E-state index >= 15 is 0 Å². The number of hydrogen-bond acceptors (Lipinski definition) is 3. The van der Waals surface area contributed by atoms with Gasteiger partial charge in [0.1, 0.15) is 0 Å². The summed E-state index contributed by atoms with van der Waals surface area (Å²) in [5.41, 5.74) is 1.47. The number of carbonyl (C=O) groups excluding carboxylic acids is 1. The number of aryl methyl sites for hydroxylation is 1. The SMILES string of the molecule is CCc1ccc(C(=O)OC)cn1. The molecule has 0 aliphatic heterocycles. The summed E-state index contributed by atoms with van der Waals surface area (Å²) in [5, 5.41) is 0. The van der Waals surface area contributed by atoms with Crippen molar-refractivity contribution in [2.75, 3.05) is 7.11 Å². The quantitative estimate of drug-likeness (QED) is 0.622. The van der Waals surface area contributed by atoms with Crippen LogP contribution in [0.4, 0.5) is 0 Å². The molecule has 0 saturated heterocycles. The van der Waals surface area contributed by atoms with Gasteiger partial charge in [0.25, 0.3) is 0 Å². The van der Waals surface area contributed by atoms with Crippen LogP contribution in [0.25, 0.3) is 0 Å². The highest BCUT2D eigenvalue weighted by Gasteiger charge is 2.03. The Labute approximate surface area is 71.4 Å². The Morgan fingerprint density at radius 3 is 2.75 bits per heavy atom. The molecule has 0 aromatic carbocycles. The second kappa shape index (κ2) is 3.85. The first-order valence-electron chi connectivity index (χ1n) is 3.81. The van der Waals surface area contributed by atoms with Crippen LogP contribution in [-0.4, -0.2) is 18.1 Å². The van der Waals surface area contributed by atoms with Crippen LogP contribution in [0.15, 0.2) is 18.3 Å². The van der Waals surface area contributed by atoms with E-state index in [0.717, 1.165) is 12.1 Å². The Morgan fingerprint density at radius 2 is 2.33 bits per heavy atom. The Morgan fingerprint density at radius 1 is 1.58 bits per heavy atom. The molecular weight excluding hydrogens is 154 g/mol. The number of rotatable bonds is 2. The van der Waals surface area contributed by atoms with Crippen LogP contribution < -0.4 is 0 Å². The van der Waals surface area contributed by atoms with Crippen LogP contribution in [0, 0.1) is 0 Å². The number of hydrogen-bond donors (Lipinski definition) is 0. The lowest BCUT2D eigenvalue weighted by atomic mass is 10.2. The summed E-state index contributed by atoms with van der Waals surface area (Å²) < 4.78 is 4.53. The molecule has 1 aromatic rings. The highest BCUT2D eigenvalue weighted by Crippen LogP contribution is 2.01. The average molecular weight is 165 g/mol. The van der Waals surface area contributed by atoms with E-state index in [4.69, 9.17) is 0 Å². The lowest BCUT2D eigenvalue weighted by Crippen LogP contribution is -2.02. The van der Waals surface area contributed by atoms with Crippen molar-refractivity contribution in [1.29, 1.82) is 0 Å². The number of carbonyl (C=O) groups is 1. The Hall–Kier alpha value is -1.38. The van der Waals surface area contributed by atoms with Crippen LogP contribution in [0.3, 0.4) is 0 Å². The van der Waals surface area contributed by atoms with Gasteiger partial charge in [-0.3, -0.25) is 4.98 Å². The molecule has 3 nitrogen and oxygen atoms in total. The van der Waals surface area contributed by atoms with Gasteiger partial charge in [-0.05, 0) is 18.6 Å². The van der Waals surface area contributed by atoms with Crippen LogP contribution in [0.2, 0.25) is 0 Å². The maximum atomic E-state index is 11.0. The molecule has 12 heavy (non-hydrogen) atoms. The maximum Gasteiger partial charge on any atom is 0.339 e. The van der Waals surface area contributed by atoms with Gasteiger partial charge in [-0.1, -0.05) is 6.92 Å². The van der Waals surface area contributed by atoms with Crippen molar-refractivity contribution >= 4 is 5.97 Å². The van der Waals surface area contributed by atoms with Gasteiger partial charge in [0.2, 0.25) is 0 Å². The summed E-state index contributed by atoms with van der Waals surface area (Å²) in [6.07, 6.45) is 2.41. The molecule has 0 aliphatic rings. The fraction of sp³-hybridized carbons (Fsp3) is 0.333. The Kier molecular flexibility index (Phi) is 2.80. The van der Waals surface area contributed by atoms with E-state index in [2.05, 4.69) is 9.72 Å². The number of nitrogens with zero attached hydrogens (tertiary/aromatic N) is 1. The molecule has 0 bridgehead atoms.